The number of nitrogens with zero attached hydrogens (tertiary/aromatic N) is 7. The molecular formula is C44H41Cl2F5N10O5. The SMILES string of the molecule is Cc1cccc(-c2cc(Cl)c(O)c(C=O)c2)c1.NNc1ncc(F)c(N2CCOCC2)n1.Oc1c(Cl)cc(-c2cccc(C(F)(F)F)c2)cc1/C=N\Nc1ncc(F)c(N2CCOCC2)n1. The van der Waals surface area contributed by atoms with E-state index in [1.807, 2.05) is 31.2 Å². The zero-order valence-corrected chi connectivity index (χ0v) is 36.4. The van der Waals surface area contributed by atoms with E-state index in [2.05, 4.69) is 35.9 Å². The van der Waals surface area contributed by atoms with Crippen LogP contribution >= 0.6 is 23.2 Å². The Bertz CT molecular complexity index is 2670. The first kappa shape index (κ1) is 48.7. The molecule has 0 bridgehead atoms. The van der Waals surface area contributed by atoms with Crippen molar-refractivity contribution >= 4 is 59.2 Å². The molecule has 22 heteroatoms. The number of hydrogen-bond donors (Lipinski definition) is 5. The Morgan fingerprint density at radius 2 is 1.23 bits per heavy atom. The maximum Gasteiger partial charge on any atom is 0.416 e. The molecule has 15 nitrogen and oxygen atoms in total. The van der Waals surface area contributed by atoms with Crippen molar-refractivity contribution in [3.8, 4) is 33.8 Å². The van der Waals surface area contributed by atoms with Gasteiger partial charge in [0.2, 0.25) is 11.9 Å². The van der Waals surface area contributed by atoms with E-state index >= 15 is 0 Å². The van der Waals surface area contributed by atoms with Gasteiger partial charge in [0, 0.05) is 31.7 Å². The summed E-state index contributed by atoms with van der Waals surface area (Å²) >= 11 is 12.0. The number of aldehydes is 1. The van der Waals surface area contributed by atoms with Gasteiger partial charge in [-0.05, 0) is 65.6 Å². The van der Waals surface area contributed by atoms with Crippen LogP contribution in [0.5, 0.6) is 11.5 Å². The molecule has 2 fully saturated rings. The lowest BCUT2D eigenvalue weighted by molar-refractivity contribution is -0.137. The highest BCUT2D eigenvalue weighted by Crippen LogP contribution is 2.36. The first-order valence-electron chi connectivity index (χ1n) is 19.9. The average molecular weight is 956 g/mol. The van der Waals surface area contributed by atoms with Gasteiger partial charge in [-0.1, -0.05) is 65.2 Å². The summed E-state index contributed by atoms with van der Waals surface area (Å²) in [6.07, 6.45) is -0.578. The number of hydrazone groups is 1. The maximum absolute atomic E-state index is 14.2. The van der Waals surface area contributed by atoms with Crippen LogP contribution in [0.2, 0.25) is 10.0 Å². The van der Waals surface area contributed by atoms with Gasteiger partial charge in [-0.15, -0.1) is 0 Å². The highest BCUT2D eigenvalue weighted by molar-refractivity contribution is 6.33. The Morgan fingerprint density at radius 1 is 0.727 bits per heavy atom. The van der Waals surface area contributed by atoms with Crippen molar-refractivity contribution in [1.29, 1.82) is 0 Å². The summed E-state index contributed by atoms with van der Waals surface area (Å²) in [7, 11) is 0. The summed E-state index contributed by atoms with van der Waals surface area (Å²) in [5.41, 5.74) is 7.90. The number of aromatic nitrogens is 4. The third kappa shape index (κ3) is 12.8. The third-order valence-corrected chi connectivity index (χ3v) is 10.3. The fourth-order valence-corrected chi connectivity index (χ4v) is 6.91. The number of hydrazine groups is 1. The molecule has 8 rings (SSSR count). The van der Waals surface area contributed by atoms with Gasteiger partial charge in [-0.25, -0.2) is 30.0 Å². The molecule has 2 saturated heterocycles. The summed E-state index contributed by atoms with van der Waals surface area (Å²) in [4.78, 5) is 29.9. The molecule has 2 aromatic heterocycles. The highest BCUT2D eigenvalue weighted by atomic mass is 35.5. The zero-order valence-electron chi connectivity index (χ0n) is 34.9. The topological polar surface area (TPSA) is 196 Å². The van der Waals surface area contributed by atoms with Crippen LogP contribution in [0.15, 0.2) is 90.3 Å². The monoisotopic (exact) mass is 954 g/mol. The lowest BCUT2D eigenvalue weighted by Crippen LogP contribution is -2.37. The van der Waals surface area contributed by atoms with Gasteiger partial charge in [0.1, 0.15) is 11.5 Å². The van der Waals surface area contributed by atoms with Crippen LogP contribution < -0.4 is 26.5 Å². The van der Waals surface area contributed by atoms with Crippen LogP contribution in [0.25, 0.3) is 22.3 Å². The minimum absolute atomic E-state index is 0.0127. The maximum atomic E-state index is 14.2. The molecule has 6 aromatic rings. The molecule has 346 valence electrons. The van der Waals surface area contributed by atoms with Crippen molar-refractivity contribution in [1.82, 2.24) is 19.9 Å². The molecule has 0 aliphatic carbocycles. The summed E-state index contributed by atoms with van der Waals surface area (Å²) in [6, 6.07) is 18.7. The van der Waals surface area contributed by atoms with Crippen LogP contribution in [-0.2, 0) is 15.7 Å². The summed E-state index contributed by atoms with van der Waals surface area (Å²) in [5.74, 6) is 4.23. The minimum Gasteiger partial charge on any atom is -0.506 e. The molecule has 4 aromatic carbocycles. The lowest BCUT2D eigenvalue weighted by atomic mass is 10.0. The second kappa shape index (κ2) is 22.5. The van der Waals surface area contributed by atoms with Gasteiger partial charge in [-0.2, -0.15) is 28.2 Å². The number of rotatable bonds is 9. The van der Waals surface area contributed by atoms with Crippen LogP contribution in [-0.4, -0.2) is 95.3 Å². The number of hydrogen-bond acceptors (Lipinski definition) is 15. The molecule has 0 spiro atoms. The molecule has 0 unspecified atom stereocenters. The number of benzene rings is 4. The molecule has 6 N–H and O–H groups in total. The van der Waals surface area contributed by atoms with Crippen molar-refractivity contribution in [2.75, 3.05) is 73.3 Å². The smallest absolute Gasteiger partial charge is 0.416 e. The number of ether oxygens (including phenoxy) is 2. The first-order valence-corrected chi connectivity index (χ1v) is 20.6. The number of aromatic hydroxyl groups is 2. The number of phenols is 2. The van der Waals surface area contributed by atoms with Gasteiger partial charge in [0.15, 0.2) is 29.6 Å². The number of carbonyl (C=O) groups is 1. The van der Waals surface area contributed by atoms with Crippen molar-refractivity contribution in [2.45, 2.75) is 13.1 Å². The van der Waals surface area contributed by atoms with Crippen LogP contribution in [0.4, 0.5) is 45.5 Å². The predicted octanol–water partition coefficient (Wildman–Crippen LogP) is 8.51. The minimum atomic E-state index is -4.50. The number of halogens is 7. The fourth-order valence-electron chi connectivity index (χ4n) is 6.46. The molecule has 0 radical (unpaired) electrons. The number of aryl methyl sites for hydroxylation is 1. The number of nitrogens with two attached hydrogens (primary N) is 1. The molecule has 4 heterocycles. The van der Waals surface area contributed by atoms with E-state index in [0.717, 1.165) is 41.2 Å². The van der Waals surface area contributed by atoms with Gasteiger partial charge >= 0.3 is 6.18 Å². The standard InChI is InChI=1S/C22H18ClF4N5O2.C14H11ClO2.C8H12FN5O/c23-17-10-14(13-2-1-3-16(9-13)22(25,26)27)8-15(19(17)33)11-29-31-21-28-12-18(24)20(30-21)32-4-6-34-7-5-32;1-9-3-2-4-10(5-9)11-6-12(8-16)14(17)13(15)7-11;9-6-5-11-8(13-10)12-7(6)14-1-3-15-4-2-14/h1-3,8-12,33H,4-7H2,(H,28,30,31);2-8,17H,1H3;5H,1-4,10H2,(H,11,12,13)/b29-11-;;. The number of morpholine rings is 2. The Balaban J connectivity index is 0.000000186. The van der Waals surface area contributed by atoms with E-state index in [1.165, 1.54) is 30.5 Å². The fraction of sp³-hybridized carbons (Fsp3) is 0.227. The third-order valence-electron chi connectivity index (χ3n) is 9.76. The summed E-state index contributed by atoms with van der Waals surface area (Å²) in [6.45, 7) is 6.25. The first-order chi connectivity index (χ1) is 31.6. The second-order valence-electron chi connectivity index (χ2n) is 14.3. The number of nitrogens with one attached hydrogen (secondary N) is 2. The Morgan fingerprint density at radius 3 is 1.76 bits per heavy atom. The van der Waals surface area contributed by atoms with E-state index < -0.39 is 23.4 Å². The van der Waals surface area contributed by atoms with E-state index in [-0.39, 0.29) is 61.8 Å². The van der Waals surface area contributed by atoms with E-state index in [0.29, 0.717) is 64.5 Å². The van der Waals surface area contributed by atoms with Crippen LogP contribution in [0.1, 0.15) is 27.0 Å². The molecule has 2 aliphatic heterocycles. The van der Waals surface area contributed by atoms with Crippen molar-refractivity contribution < 1.29 is 46.4 Å². The molecule has 0 atom stereocenters. The van der Waals surface area contributed by atoms with Gasteiger partial charge in [0.25, 0.3) is 0 Å². The van der Waals surface area contributed by atoms with Crippen molar-refractivity contribution in [3.63, 3.8) is 0 Å². The number of anilines is 4. The van der Waals surface area contributed by atoms with E-state index in [4.69, 9.17) is 38.5 Å². The van der Waals surface area contributed by atoms with Gasteiger partial charge in [0.05, 0.1) is 66.2 Å². The number of carbonyl (C=O) groups excluding carboxylic acids is 1. The van der Waals surface area contributed by atoms with Crippen molar-refractivity contribution in [3.05, 3.63) is 129 Å². The molecule has 0 amide bonds. The van der Waals surface area contributed by atoms with Gasteiger partial charge < -0.3 is 29.5 Å². The number of nitrogen functional groups attached to an aromatic ring is 1. The lowest BCUT2D eigenvalue weighted by Gasteiger charge is -2.27. The van der Waals surface area contributed by atoms with Gasteiger partial charge in [-0.3, -0.25) is 10.2 Å². The average Bonchev–Trinajstić information content (AvgIpc) is 3.32. The summed E-state index contributed by atoms with van der Waals surface area (Å²) in [5, 5.41) is 23.9. The van der Waals surface area contributed by atoms with Crippen LogP contribution in [0.3, 0.4) is 0 Å². The van der Waals surface area contributed by atoms with E-state index in [1.54, 1.807) is 21.9 Å². The van der Waals surface area contributed by atoms with Crippen LogP contribution in [0, 0.1) is 18.6 Å². The Labute approximate surface area is 384 Å². The van der Waals surface area contributed by atoms with Crippen molar-refractivity contribution in [2.24, 2.45) is 10.9 Å². The Kier molecular flexibility index (Phi) is 16.6. The normalized spacial score (nSPS) is 13.9. The number of alkyl halides is 3. The number of phenolic OH excluding ortho intramolecular Hbond substituents is 2. The molecule has 0 saturated carbocycles. The largest absolute Gasteiger partial charge is 0.506 e. The molecule has 66 heavy (non-hydrogen) atoms. The zero-order chi connectivity index (χ0) is 47.4. The predicted molar refractivity (Wildman–Crippen MR) is 241 cm³/mol. The molecular weight excluding hydrogens is 914 g/mol. The molecule has 2 aliphatic rings. The Hall–Kier alpha value is -6.71. The summed E-state index contributed by atoms with van der Waals surface area (Å²) < 4.78 is 77.2. The quantitative estimate of drug-likeness (QED) is 0.0304. The highest BCUT2D eigenvalue weighted by Gasteiger charge is 2.30. The second-order valence-corrected chi connectivity index (χ2v) is 15.1. The van der Waals surface area contributed by atoms with E-state index in [9.17, 15) is 37.0 Å².